The number of carbonyl (C=O) groups is 1. The smallest absolute Gasteiger partial charge is 0.228 e. The zero-order chi connectivity index (χ0) is 17.2. The number of hydrogen-bond acceptors (Lipinski definition) is 2. The van der Waals surface area contributed by atoms with Crippen LogP contribution in [0.5, 0.6) is 0 Å². The van der Waals surface area contributed by atoms with E-state index in [-0.39, 0.29) is 17.8 Å². The standard InChI is InChI=1S/C21H18FNOS/c22-19-10-4-3-9-18(19)21-17-8-2-1-6-15(17)11-12-23(21)20(24)14-16-7-5-13-25-16/h1-10,13,21H,11-12,14H2. The molecule has 1 aliphatic rings. The van der Waals surface area contributed by atoms with Gasteiger partial charge >= 0.3 is 0 Å². The summed E-state index contributed by atoms with van der Waals surface area (Å²) in [4.78, 5) is 15.9. The third kappa shape index (κ3) is 3.10. The average molecular weight is 351 g/mol. The summed E-state index contributed by atoms with van der Waals surface area (Å²) in [6.45, 7) is 0.611. The number of halogens is 1. The number of hydrogen-bond donors (Lipinski definition) is 0. The van der Waals surface area contributed by atoms with Crippen molar-refractivity contribution in [1.82, 2.24) is 4.90 Å². The highest BCUT2D eigenvalue weighted by molar-refractivity contribution is 7.10. The molecule has 0 saturated heterocycles. The Bertz CT molecular complexity index is 890. The summed E-state index contributed by atoms with van der Waals surface area (Å²) in [6.07, 6.45) is 1.17. The van der Waals surface area contributed by atoms with Gasteiger partial charge in [0, 0.05) is 17.0 Å². The van der Waals surface area contributed by atoms with Gasteiger partial charge in [0.05, 0.1) is 12.5 Å². The van der Waals surface area contributed by atoms with Gasteiger partial charge in [-0.25, -0.2) is 4.39 Å². The van der Waals surface area contributed by atoms with Crippen molar-refractivity contribution in [3.63, 3.8) is 0 Å². The second-order valence-corrected chi connectivity index (χ2v) is 7.25. The van der Waals surface area contributed by atoms with E-state index in [1.807, 2.05) is 46.7 Å². The summed E-state index contributed by atoms with van der Waals surface area (Å²) in [6, 6.07) is 18.4. The van der Waals surface area contributed by atoms with Gasteiger partial charge in [-0.3, -0.25) is 4.79 Å². The SMILES string of the molecule is O=C(Cc1cccs1)N1CCc2ccccc2C1c1ccccc1F. The van der Waals surface area contributed by atoms with Gasteiger partial charge in [0.1, 0.15) is 5.82 Å². The van der Waals surface area contributed by atoms with Crippen LogP contribution in [0.1, 0.15) is 27.6 Å². The van der Waals surface area contributed by atoms with Crippen LogP contribution in [0.25, 0.3) is 0 Å². The third-order valence-corrected chi connectivity index (χ3v) is 5.59. The Hall–Kier alpha value is -2.46. The molecule has 2 nitrogen and oxygen atoms in total. The predicted octanol–water partition coefficient (Wildman–Crippen LogP) is 4.60. The van der Waals surface area contributed by atoms with Crippen LogP contribution in [-0.4, -0.2) is 17.4 Å². The normalized spacial score (nSPS) is 16.5. The number of thiophene rings is 1. The maximum atomic E-state index is 14.5. The van der Waals surface area contributed by atoms with Crippen LogP contribution >= 0.6 is 11.3 Å². The van der Waals surface area contributed by atoms with Crippen molar-refractivity contribution in [2.45, 2.75) is 18.9 Å². The van der Waals surface area contributed by atoms with Gasteiger partial charge in [0.2, 0.25) is 5.91 Å². The molecule has 25 heavy (non-hydrogen) atoms. The van der Waals surface area contributed by atoms with E-state index in [1.54, 1.807) is 23.5 Å². The quantitative estimate of drug-likeness (QED) is 0.675. The minimum Gasteiger partial charge on any atom is -0.331 e. The molecule has 1 atom stereocenters. The van der Waals surface area contributed by atoms with E-state index in [1.165, 1.54) is 11.6 Å². The molecule has 4 rings (SSSR count). The van der Waals surface area contributed by atoms with Gasteiger partial charge in [0.25, 0.3) is 0 Å². The summed E-state index contributed by atoms with van der Waals surface area (Å²) in [5.41, 5.74) is 2.78. The first-order valence-corrected chi connectivity index (χ1v) is 9.26. The van der Waals surface area contributed by atoms with Crippen LogP contribution in [0.15, 0.2) is 66.0 Å². The summed E-state index contributed by atoms with van der Waals surface area (Å²) in [5.74, 6) is -0.219. The Kier molecular flexibility index (Phi) is 4.36. The Balaban J connectivity index is 1.75. The van der Waals surface area contributed by atoms with Crippen molar-refractivity contribution in [1.29, 1.82) is 0 Å². The molecule has 1 amide bonds. The molecule has 3 aromatic rings. The van der Waals surface area contributed by atoms with E-state index < -0.39 is 0 Å². The summed E-state index contributed by atoms with van der Waals surface area (Å²) >= 11 is 1.58. The molecule has 4 heteroatoms. The highest BCUT2D eigenvalue weighted by Crippen LogP contribution is 2.36. The summed E-state index contributed by atoms with van der Waals surface area (Å²) in [5, 5.41) is 1.97. The second kappa shape index (κ2) is 6.81. The molecule has 0 saturated carbocycles. The van der Waals surface area contributed by atoms with Crippen molar-refractivity contribution in [2.75, 3.05) is 6.54 Å². The molecule has 0 bridgehead atoms. The first-order valence-electron chi connectivity index (χ1n) is 8.38. The molecular weight excluding hydrogens is 333 g/mol. The molecule has 0 radical (unpaired) electrons. The number of fused-ring (bicyclic) bond motifs is 1. The Morgan fingerprint density at radius 2 is 1.80 bits per heavy atom. The van der Waals surface area contributed by atoms with Gasteiger partial charge in [-0.05, 0) is 35.1 Å². The minimum absolute atomic E-state index is 0.0465. The van der Waals surface area contributed by atoms with Crippen LogP contribution in [0.2, 0.25) is 0 Å². The van der Waals surface area contributed by atoms with Crippen molar-refractivity contribution < 1.29 is 9.18 Å². The lowest BCUT2D eigenvalue weighted by Crippen LogP contribution is -2.41. The number of carbonyl (C=O) groups excluding carboxylic acids is 1. The fourth-order valence-electron chi connectivity index (χ4n) is 3.53. The maximum absolute atomic E-state index is 14.5. The van der Waals surface area contributed by atoms with E-state index >= 15 is 0 Å². The number of benzene rings is 2. The molecule has 2 heterocycles. The molecule has 0 aliphatic carbocycles. The number of nitrogens with zero attached hydrogens (tertiary/aromatic N) is 1. The highest BCUT2D eigenvalue weighted by atomic mass is 32.1. The minimum atomic E-state index is -0.362. The molecule has 0 spiro atoms. The molecule has 2 aromatic carbocycles. The fourth-order valence-corrected chi connectivity index (χ4v) is 4.23. The first kappa shape index (κ1) is 16.0. The summed E-state index contributed by atoms with van der Waals surface area (Å²) < 4.78 is 14.5. The first-order chi connectivity index (χ1) is 12.2. The topological polar surface area (TPSA) is 20.3 Å². The van der Waals surface area contributed by atoms with Gasteiger partial charge < -0.3 is 4.90 Å². The van der Waals surface area contributed by atoms with Crippen molar-refractivity contribution in [2.24, 2.45) is 0 Å². The van der Waals surface area contributed by atoms with Crippen LogP contribution < -0.4 is 0 Å². The van der Waals surface area contributed by atoms with E-state index in [2.05, 4.69) is 6.07 Å². The molecule has 126 valence electrons. The largest absolute Gasteiger partial charge is 0.331 e. The molecule has 1 unspecified atom stereocenters. The monoisotopic (exact) mass is 351 g/mol. The zero-order valence-electron chi connectivity index (χ0n) is 13.7. The second-order valence-electron chi connectivity index (χ2n) is 6.22. The van der Waals surface area contributed by atoms with E-state index in [0.29, 0.717) is 18.5 Å². The van der Waals surface area contributed by atoms with E-state index in [9.17, 15) is 9.18 Å². The van der Waals surface area contributed by atoms with Crippen LogP contribution in [0, 0.1) is 5.82 Å². The molecule has 0 N–H and O–H groups in total. The van der Waals surface area contributed by atoms with E-state index in [4.69, 9.17) is 0 Å². The van der Waals surface area contributed by atoms with Crippen LogP contribution in [0.4, 0.5) is 4.39 Å². The van der Waals surface area contributed by atoms with Gasteiger partial charge in [0.15, 0.2) is 0 Å². The number of rotatable bonds is 3. The van der Waals surface area contributed by atoms with Crippen LogP contribution in [-0.2, 0) is 17.6 Å². The lowest BCUT2D eigenvalue weighted by Gasteiger charge is -2.38. The number of amides is 1. The highest BCUT2D eigenvalue weighted by Gasteiger charge is 2.33. The maximum Gasteiger partial charge on any atom is 0.228 e. The predicted molar refractivity (Wildman–Crippen MR) is 98.1 cm³/mol. The van der Waals surface area contributed by atoms with E-state index in [0.717, 1.165) is 16.9 Å². The van der Waals surface area contributed by atoms with Crippen molar-refractivity contribution in [3.8, 4) is 0 Å². The third-order valence-electron chi connectivity index (χ3n) is 4.71. The molecule has 1 aliphatic heterocycles. The lowest BCUT2D eigenvalue weighted by atomic mass is 9.87. The van der Waals surface area contributed by atoms with Crippen molar-refractivity contribution >= 4 is 17.2 Å². The zero-order valence-corrected chi connectivity index (χ0v) is 14.5. The Morgan fingerprint density at radius 3 is 2.56 bits per heavy atom. The molecular formula is C21H18FNOS. The Morgan fingerprint density at radius 1 is 1.04 bits per heavy atom. The Labute approximate surface area is 150 Å². The van der Waals surface area contributed by atoms with Crippen molar-refractivity contribution in [3.05, 3.63) is 93.4 Å². The molecule has 1 aromatic heterocycles. The lowest BCUT2D eigenvalue weighted by molar-refractivity contribution is -0.132. The van der Waals surface area contributed by atoms with Gasteiger partial charge in [-0.1, -0.05) is 48.5 Å². The molecule has 0 fully saturated rings. The fraction of sp³-hybridized carbons (Fsp3) is 0.190. The summed E-state index contributed by atoms with van der Waals surface area (Å²) in [7, 11) is 0. The average Bonchev–Trinajstić information content (AvgIpc) is 3.14. The van der Waals surface area contributed by atoms with Crippen LogP contribution in [0.3, 0.4) is 0 Å². The van der Waals surface area contributed by atoms with Gasteiger partial charge in [-0.2, -0.15) is 0 Å². The van der Waals surface area contributed by atoms with Gasteiger partial charge in [-0.15, -0.1) is 11.3 Å².